The molecule has 1 aromatic heterocycles. The summed E-state index contributed by atoms with van der Waals surface area (Å²) in [6.45, 7) is 4.56. The fourth-order valence-corrected chi connectivity index (χ4v) is 4.22. The van der Waals surface area contributed by atoms with Gasteiger partial charge in [-0.15, -0.1) is 11.3 Å². The van der Waals surface area contributed by atoms with Crippen molar-refractivity contribution in [2.24, 2.45) is 10.9 Å². The number of aryl methyl sites for hydroxylation is 1. The molecule has 0 radical (unpaired) electrons. The van der Waals surface area contributed by atoms with E-state index >= 15 is 0 Å². The fraction of sp³-hybridized carbons (Fsp3) is 0.600. The molecular formula is C15H20N2OS. The van der Waals surface area contributed by atoms with E-state index in [4.69, 9.17) is 0 Å². The van der Waals surface area contributed by atoms with Crippen LogP contribution in [0.1, 0.15) is 48.1 Å². The first-order valence-corrected chi connectivity index (χ1v) is 7.93. The normalized spacial score (nSPS) is 20.5. The molecule has 1 N–H and O–H groups in total. The molecule has 0 unspecified atom stereocenters. The van der Waals surface area contributed by atoms with Crippen molar-refractivity contribution in [3.8, 4) is 0 Å². The summed E-state index contributed by atoms with van der Waals surface area (Å²) in [5.74, 6) is 0.571. The molecule has 0 bridgehead atoms. The Morgan fingerprint density at radius 3 is 2.68 bits per heavy atom. The van der Waals surface area contributed by atoms with Gasteiger partial charge in [-0.2, -0.15) is 0 Å². The minimum Gasteiger partial charge on any atom is -0.316 e. The first kappa shape index (κ1) is 12.9. The third-order valence-corrected chi connectivity index (χ3v) is 5.40. The Hall–Kier alpha value is -1.16. The van der Waals surface area contributed by atoms with E-state index in [0.717, 1.165) is 5.00 Å². The first-order chi connectivity index (χ1) is 9.16. The molecule has 1 saturated carbocycles. The second kappa shape index (κ2) is 5.08. The Labute approximate surface area is 118 Å². The van der Waals surface area contributed by atoms with Crippen LogP contribution in [0.3, 0.4) is 0 Å². The smallest absolute Gasteiger partial charge is 0.246 e. The third kappa shape index (κ3) is 2.34. The van der Waals surface area contributed by atoms with Gasteiger partial charge in [0.25, 0.3) is 0 Å². The highest BCUT2D eigenvalue weighted by Crippen LogP contribution is 2.38. The van der Waals surface area contributed by atoms with E-state index in [-0.39, 0.29) is 12.5 Å². The number of aliphatic imine (C=N–C) groups is 1. The fourth-order valence-electron chi connectivity index (χ4n) is 3.13. The lowest BCUT2D eigenvalue weighted by Crippen LogP contribution is -2.19. The highest BCUT2D eigenvalue weighted by Gasteiger charge is 2.28. The number of hydrogen-bond acceptors (Lipinski definition) is 3. The van der Waals surface area contributed by atoms with Gasteiger partial charge in [-0.1, -0.05) is 19.3 Å². The number of fused-ring (bicyclic) bond motifs is 1. The van der Waals surface area contributed by atoms with Gasteiger partial charge >= 0.3 is 0 Å². The van der Waals surface area contributed by atoms with Crippen LogP contribution in [0.5, 0.6) is 0 Å². The van der Waals surface area contributed by atoms with Gasteiger partial charge in [0.05, 0.1) is 0 Å². The number of nitrogens with one attached hydrogen (secondary N) is 1. The number of carbonyl (C=O) groups excluding carboxylic acids is 1. The van der Waals surface area contributed by atoms with E-state index in [9.17, 15) is 4.79 Å². The quantitative estimate of drug-likeness (QED) is 0.835. The lowest BCUT2D eigenvalue weighted by Gasteiger charge is -2.23. The van der Waals surface area contributed by atoms with E-state index in [1.165, 1.54) is 53.8 Å². The van der Waals surface area contributed by atoms with Crippen LogP contribution in [-0.4, -0.2) is 18.2 Å². The molecule has 1 fully saturated rings. The summed E-state index contributed by atoms with van der Waals surface area (Å²) in [6.07, 6.45) is 6.38. The SMILES string of the molecule is Cc1sc2c(c1C)C(C1CCCCC1)=NCC(=O)N2. The summed E-state index contributed by atoms with van der Waals surface area (Å²) in [5, 5.41) is 4.03. The monoisotopic (exact) mass is 276 g/mol. The van der Waals surface area contributed by atoms with Crippen molar-refractivity contribution in [1.82, 2.24) is 0 Å². The number of carbonyl (C=O) groups is 1. The van der Waals surface area contributed by atoms with Crippen LogP contribution in [0.2, 0.25) is 0 Å². The summed E-state index contributed by atoms with van der Waals surface area (Å²) < 4.78 is 0. The van der Waals surface area contributed by atoms with Crippen molar-refractivity contribution in [2.75, 3.05) is 11.9 Å². The van der Waals surface area contributed by atoms with Gasteiger partial charge in [-0.3, -0.25) is 9.79 Å². The van der Waals surface area contributed by atoms with Crippen LogP contribution >= 0.6 is 11.3 Å². The topological polar surface area (TPSA) is 41.5 Å². The number of thiophene rings is 1. The molecule has 102 valence electrons. The van der Waals surface area contributed by atoms with Gasteiger partial charge in [0.1, 0.15) is 11.5 Å². The highest BCUT2D eigenvalue weighted by atomic mass is 32.1. The molecule has 2 aliphatic rings. The van der Waals surface area contributed by atoms with Gasteiger partial charge in [-0.25, -0.2) is 0 Å². The number of amides is 1. The Morgan fingerprint density at radius 2 is 1.95 bits per heavy atom. The van der Waals surface area contributed by atoms with Crippen molar-refractivity contribution < 1.29 is 4.79 Å². The summed E-state index contributed by atoms with van der Waals surface area (Å²) in [4.78, 5) is 17.7. The van der Waals surface area contributed by atoms with Gasteiger partial charge < -0.3 is 5.32 Å². The van der Waals surface area contributed by atoms with Crippen molar-refractivity contribution in [3.63, 3.8) is 0 Å². The predicted molar refractivity (Wildman–Crippen MR) is 80.4 cm³/mol. The third-order valence-electron chi connectivity index (χ3n) is 4.28. The minimum atomic E-state index is 0.0216. The van der Waals surface area contributed by atoms with E-state index in [1.807, 2.05) is 0 Å². The number of rotatable bonds is 1. The molecule has 1 aliphatic heterocycles. The van der Waals surface area contributed by atoms with Crippen LogP contribution in [-0.2, 0) is 4.79 Å². The zero-order chi connectivity index (χ0) is 13.4. The second-order valence-electron chi connectivity index (χ2n) is 5.57. The van der Waals surface area contributed by atoms with Gasteiger partial charge in [0, 0.05) is 22.1 Å². The molecule has 0 saturated heterocycles. The van der Waals surface area contributed by atoms with Crippen LogP contribution in [0.4, 0.5) is 5.00 Å². The molecule has 1 aliphatic carbocycles. The van der Waals surface area contributed by atoms with Crippen molar-refractivity contribution in [3.05, 3.63) is 16.0 Å². The van der Waals surface area contributed by atoms with Gasteiger partial charge in [0.15, 0.2) is 0 Å². The molecule has 0 atom stereocenters. The van der Waals surface area contributed by atoms with Crippen LogP contribution in [0.25, 0.3) is 0 Å². The zero-order valence-corrected chi connectivity index (χ0v) is 12.4. The molecule has 3 rings (SSSR count). The number of hydrogen-bond donors (Lipinski definition) is 1. The Balaban J connectivity index is 2.05. The lowest BCUT2D eigenvalue weighted by atomic mass is 9.82. The van der Waals surface area contributed by atoms with Crippen LogP contribution in [0.15, 0.2) is 4.99 Å². The lowest BCUT2D eigenvalue weighted by molar-refractivity contribution is -0.114. The van der Waals surface area contributed by atoms with Crippen molar-refractivity contribution in [2.45, 2.75) is 46.0 Å². The molecule has 4 heteroatoms. The maximum absolute atomic E-state index is 11.8. The molecule has 0 aromatic carbocycles. The average Bonchev–Trinajstić information content (AvgIpc) is 2.60. The molecular weight excluding hydrogens is 256 g/mol. The average molecular weight is 276 g/mol. The Kier molecular flexibility index (Phi) is 3.44. The standard InChI is InChI=1S/C15H20N2OS/c1-9-10(2)19-15-13(9)14(16-8-12(18)17-15)11-6-4-3-5-7-11/h11H,3-8H2,1-2H3,(H,17,18). The Morgan fingerprint density at radius 1 is 1.21 bits per heavy atom. The maximum atomic E-state index is 11.8. The molecule has 19 heavy (non-hydrogen) atoms. The zero-order valence-electron chi connectivity index (χ0n) is 11.6. The van der Waals surface area contributed by atoms with Crippen molar-refractivity contribution >= 4 is 28.0 Å². The summed E-state index contributed by atoms with van der Waals surface area (Å²) in [6, 6.07) is 0. The summed E-state index contributed by atoms with van der Waals surface area (Å²) in [7, 11) is 0. The summed E-state index contributed by atoms with van der Waals surface area (Å²) in [5.41, 5.74) is 3.71. The van der Waals surface area contributed by atoms with E-state index < -0.39 is 0 Å². The Bertz CT molecular complexity index is 539. The second-order valence-corrected chi connectivity index (χ2v) is 6.80. The van der Waals surface area contributed by atoms with Crippen LogP contribution < -0.4 is 5.32 Å². The van der Waals surface area contributed by atoms with Gasteiger partial charge in [-0.05, 0) is 32.3 Å². The van der Waals surface area contributed by atoms with E-state index in [1.54, 1.807) is 11.3 Å². The molecule has 1 amide bonds. The first-order valence-electron chi connectivity index (χ1n) is 7.11. The molecule has 0 spiro atoms. The highest BCUT2D eigenvalue weighted by molar-refractivity contribution is 7.16. The number of anilines is 1. The van der Waals surface area contributed by atoms with E-state index in [0.29, 0.717) is 5.92 Å². The van der Waals surface area contributed by atoms with Crippen LogP contribution in [0, 0.1) is 19.8 Å². The van der Waals surface area contributed by atoms with Crippen molar-refractivity contribution in [1.29, 1.82) is 0 Å². The largest absolute Gasteiger partial charge is 0.316 e. The molecule has 3 nitrogen and oxygen atoms in total. The maximum Gasteiger partial charge on any atom is 0.246 e. The van der Waals surface area contributed by atoms with E-state index in [2.05, 4.69) is 24.2 Å². The number of nitrogens with zero attached hydrogens (tertiary/aromatic N) is 1. The molecule has 1 aromatic rings. The van der Waals surface area contributed by atoms with Gasteiger partial charge in [0.2, 0.25) is 5.91 Å². The molecule has 2 heterocycles. The minimum absolute atomic E-state index is 0.0216. The summed E-state index contributed by atoms with van der Waals surface area (Å²) >= 11 is 1.69. The predicted octanol–water partition coefficient (Wildman–Crippen LogP) is 3.69.